The summed E-state index contributed by atoms with van der Waals surface area (Å²) in [4.78, 5) is 2.26. The van der Waals surface area contributed by atoms with E-state index in [4.69, 9.17) is 21.1 Å². The number of likely N-dealkylation sites (tertiary alicyclic amines) is 1. The zero-order valence-corrected chi connectivity index (χ0v) is 19.7. The second-order valence-corrected chi connectivity index (χ2v) is 9.04. The van der Waals surface area contributed by atoms with Crippen LogP contribution >= 0.6 is 11.6 Å². The standard InChI is InChI=1S/C25H35ClN2O4/c1-18-3-5-23(6-4-18)31-16-21(29)14-27-20-9-11-28(12-10-20)15-22(30)17-32-24-7-8-25(26)19(2)13-24/h3-8,13,20-22,27,29-30H,9-12,14-17H2,1-2H3/t21-,22-/m0/s1. The largest absolute Gasteiger partial charge is 0.491 e. The maximum atomic E-state index is 10.3. The molecule has 3 N–H and O–H groups in total. The van der Waals surface area contributed by atoms with Crippen LogP contribution in [0.4, 0.5) is 0 Å². The molecular formula is C25H35ClN2O4. The van der Waals surface area contributed by atoms with Crippen molar-refractivity contribution in [3.63, 3.8) is 0 Å². The highest BCUT2D eigenvalue weighted by atomic mass is 35.5. The summed E-state index contributed by atoms with van der Waals surface area (Å²) in [7, 11) is 0. The molecule has 176 valence electrons. The van der Waals surface area contributed by atoms with Gasteiger partial charge in [0.1, 0.15) is 36.9 Å². The predicted molar refractivity (Wildman–Crippen MR) is 128 cm³/mol. The van der Waals surface area contributed by atoms with Crippen LogP contribution in [0, 0.1) is 13.8 Å². The summed E-state index contributed by atoms with van der Waals surface area (Å²) < 4.78 is 11.4. The summed E-state index contributed by atoms with van der Waals surface area (Å²) in [6, 6.07) is 13.7. The molecule has 2 aromatic rings. The molecule has 1 heterocycles. The molecule has 1 saturated heterocycles. The van der Waals surface area contributed by atoms with Gasteiger partial charge >= 0.3 is 0 Å². The third-order valence-electron chi connectivity index (χ3n) is 5.73. The maximum Gasteiger partial charge on any atom is 0.119 e. The molecule has 0 aliphatic carbocycles. The Bertz CT molecular complexity index is 825. The van der Waals surface area contributed by atoms with Crippen molar-refractivity contribution in [3.05, 3.63) is 58.6 Å². The summed E-state index contributed by atoms with van der Waals surface area (Å²) in [5.41, 5.74) is 2.14. The summed E-state index contributed by atoms with van der Waals surface area (Å²) >= 11 is 6.03. The van der Waals surface area contributed by atoms with E-state index < -0.39 is 12.2 Å². The molecule has 0 amide bonds. The molecule has 0 unspecified atom stereocenters. The Kier molecular flexibility index (Phi) is 9.63. The van der Waals surface area contributed by atoms with E-state index in [9.17, 15) is 10.2 Å². The number of aryl methyl sites for hydroxylation is 2. The molecule has 3 rings (SSSR count). The topological polar surface area (TPSA) is 74.2 Å². The summed E-state index contributed by atoms with van der Waals surface area (Å²) in [6.07, 6.45) is 0.867. The van der Waals surface area contributed by atoms with Gasteiger partial charge in [0.15, 0.2) is 0 Å². The number of piperidine rings is 1. The number of hydrogen-bond acceptors (Lipinski definition) is 6. The number of β-amino-alcohol motifs (C(OH)–C–C–N with tert-alkyl or cyclic N) is 1. The molecule has 0 bridgehead atoms. The number of rotatable bonds is 11. The van der Waals surface area contributed by atoms with Crippen LogP contribution < -0.4 is 14.8 Å². The van der Waals surface area contributed by atoms with Crippen molar-refractivity contribution in [3.8, 4) is 11.5 Å². The van der Waals surface area contributed by atoms with E-state index in [0.29, 0.717) is 24.2 Å². The SMILES string of the molecule is Cc1ccc(OC[C@@H](O)CNC2CCN(C[C@H](O)COc3ccc(Cl)c(C)c3)CC2)cc1. The Morgan fingerprint density at radius 3 is 2.28 bits per heavy atom. The normalized spacial score (nSPS) is 17.2. The van der Waals surface area contributed by atoms with Crippen molar-refractivity contribution in [2.75, 3.05) is 39.4 Å². The molecule has 7 heteroatoms. The van der Waals surface area contributed by atoms with Crippen LogP contribution in [0.2, 0.25) is 5.02 Å². The lowest BCUT2D eigenvalue weighted by molar-refractivity contribution is 0.0556. The number of hydrogen-bond donors (Lipinski definition) is 3. The Labute approximate surface area is 196 Å². The lowest BCUT2D eigenvalue weighted by Gasteiger charge is -2.33. The minimum absolute atomic E-state index is 0.256. The number of ether oxygens (including phenoxy) is 2. The number of nitrogens with one attached hydrogen (secondary N) is 1. The fourth-order valence-corrected chi connectivity index (χ4v) is 3.88. The van der Waals surface area contributed by atoms with Gasteiger partial charge in [-0.2, -0.15) is 0 Å². The van der Waals surface area contributed by atoms with Gasteiger partial charge in [-0.05, 0) is 75.7 Å². The van der Waals surface area contributed by atoms with Crippen LogP contribution in [0.5, 0.6) is 11.5 Å². The van der Waals surface area contributed by atoms with Gasteiger partial charge in [-0.3, -0.25) is 0 Å². The average molecular weight is 463 g/mol. The number of halogens is 1. The van der Waals surface area contributed by atoms with Crippen molar-refractivity contribution in [2.24, 2.45) is 0 Å². The number of aliphatic hydroxyl groups excluding tert-OH is 2. The van der Waals surface area contributed by atoms with E-state index in [0.717, 1.165) is 43.0 Å². The lowest BCUT2D eigenvalue weighted by Crippen LogP contribution is -2.47. The number of aliphatic hydroxyl groups is 2. The molecule has 2 aromatic carbocycles. The van der Waals surface area contributed by atoms with E-state index in [2.05, 4.69) is 10.2 Å². The fraction of sp³-hybridized carbons (Fsp3) is 0.520. The Morgan fingerprint density at radius 2 is 1.59 bits per heavy atom. The van der Waals surface area contributed by atoms with Crippen molar-refractivity contribution < 1.29 is 19.7 Å². The van der Waals surface area contributed by atoms with Crippen molar-refractivity contribution in [1.82, 2.24) is 10.2 Å². The van der Waals surface area contributed by atoms with Crippen LogP contribution in [0.25, 0.3) is 0 Å². The van der Waals surface area contributed by atoms with Gasteiger partial charge in [-0.25, -0.2) is 0 Å². The minimum atomic E-state index is -0.551. The van der Waals surface area contributed by atoms with Gasteiger partial charge < -0.3 is 29.9 Å². The molecule has 6 nitrogen and oxygen atoms in total. The first-order valence-electron chi connectivity index (χ1n) is 11.3. The molecule has 0 radical (unpaired) electrons. The van der Waals surface area contributed by atoms with E-state index in [-0.39, 0.29) is 13.2 Å². The maximum absolute atomic E-state index is 10.3. The third kappa shape index (κ3) is 8.26. The average Bonchev–Trinajstić information content (AvgIpc) is 2.79. The quantitative estimate of drug-likeness (QED) is 0.476. The van der Waals surface area contributed by atoms with Crippen molar-refractivity contribution >= 4 is 11.6 Å². The zero-order valence-electron chi connectivity index (χ0n) is 19.0. The number of nitrogens with zero attached hydrogens (tertiary/aromatic N) is 1. The highest BCUT2D eigenvalue weighted by molar-refractivity contribution is 6.31. The fourth-order valence-electron chi connectivity index (χ4n) is 3.76. The summed E-state index contributed by atoms with van der Waals surface area (Å²) in [5, 5.41) is 24.7. The Hall–Kier alpha value is -1.83. The second-order valence-electron chi connectivity index (χ2n) is 8.64. The van der Waals surface area contributed by atoms with Gasteiger partial charge in [0, 0.05) is 24.2 Å². The van der Waals surface area contributed by atoms with Crippen molar-refractivity contribution in [1.29, 1.82) is 0 Å². The lowest BCUT2D eigenvalue weighted by atomic mass is 10.0. The molecule has 0 aromatic heterocycles. The van der Waals surface area contributed by atoms with Crippen LogP contribution in [0.3, 0.4) is 0 Å². The minimum Gasteiger partial charge on any atom is -0.491 e. The molecule has 2 atom stereocenters. The summed E-state index contributed by atoms with van der Waals surface area (Å²) in [5.74, 6) is 1.50. The first-order chi connectivity index (χ1) is 15.4. The van der Waals surface area contributed by atoms with Crippen LogP contribution in [-0.4, -0.2) is 72.8 Å². The molecule has 0 spiro atoms. The van der Waals surface area contributed by atoms with E-state index in [1.807, 2.05) is 56.3 Å². The molecule has 1 aliphatic rings. The second kappa shape index (κ2) is 12.4. The predicted octanol–water partition coefficient (Wildman–Crippen LogP) is 3.19. The molecular weight excluding hydrogens is 428 g/mol. The van der Waals surface area contributed by atoms with Crippen LogP contribution in [-0.2, 0) is 0 Å². The van der Waals surface area contributed by atoms with E-state index in [1.54, 1.807) is 0 Å². The van der Waals surface area contributed by atoms with E-state index >= 15 is 0 Å². The van der Waals surface area contributed by atoms with Crippen LogP contribution in [0.15, 0.2) is 42.5 Å². The molecule has 32 heavy (non-hydrogen) atoms. The van der Waals surface area contributed by atoms with Crippen LogP contribution in [0.1, 0.15) is 24.0 Å². The third-order valence-corrected chi connectivity index (χ3v) is 6.16. The molecule has 1 aliphatic heterocycles. The van der Waals surface area contributed by atoms with Crippen molar-refractivity contribution in [2.45, 2.75) is 44.9 Å². The summed E-state index contributed by atoms with van der Waals surface area (Å²) in [6.45, 7) is 7.40. The van der Waals surface area contributed by atoms with E-state index in [1.165, 1.54) is 5.56 Å². The zero-order chi connectivity index (χ0) is 22.9. The Balaban J connectivity index is 1.28. The number of benzene rings is 2. The molecule has 1 fully saturated rings. The van der Waals surface area contributed by atoms with Gasteiger partial charge in [-0.1, -0.05) is 29.3 Å². The first-order valence-corrected chi connectivity index (χ1v) is 11.7. The Morgan fingerprint density at radius 1 is 0.969 bits per heavy atom. The van der Waals surface area contributed by atoms with Gasteiger partial charge in [-0.15, -0.1) is 0 Å². The first kappa shape index (κ1) is 24.8. The van der Waals surface area contributed by atoms with Gasteiger partial charge in [0.2, 0.25) is 0 Å². The smallest absolute Gasteiger partial charge is 0.119 e. The monoisotopic (exact) mass is 462 g/mol. The van der Waals surface area contributed by atoms with Gasteiger partial charge in [0.25, 0.3) is 0 Å². The molecule has 0 saturated carbocycles. The highest BCUT2D eigenvalue weighted by Gasteiger charge is 2.21. The highest BCUT2D eigenvalue weighted by Crippen LogP contribution is 2.21. The van der Waals surface area contributed by atoms with Gasteiger partial charge in [0.05, 0.1) is 0 Å².